The van der Waals surface area contributed by atoms with Gasteiger partial charge in [0.1, 0.15) is 24.4 Å². The Balaban J connectivity index is 2.08. The van der Waals surface area contributed by atoms with Crippen LogP contribution in [-0.2, 0) is 9.47 Å². The van der Waals surface area contributed by atoms with Crippen molar-refractivity contribution >= 4 is 0 Å². The molecule has 0 bridgehead atoms. The monoisotopic (exact) mass is 273 g/mol. The standard InChI is InChI=1S/C12H19NO6/c13-6-12(3-1-2-4-12)19-11-10(17)9(16)8(15)7(5-14)18-11/h7-11,14-17H,1-5H2/t7-,8-,9+,10-,11+/m1/s1. The lowest BCUT2D eigenvalue weighted by Crippen LogP contribution is -2.60. The fraction of sp³-hybridized carbons (Fsp3) is 0.917. The molecule has 4 N–H and O–H groups in total. The van der Waals surface area contributed by atoms with Gasteiger partial charge in [0.25, 0.3) is 0 Å². The van der Waals surface area contributed by atoms with E-state index >= 15 is 0 Å². The molecule has 7 heteroatoms. The highest BCUT2D eigenvalue weighted by atomic mass is 16.7. The maximum absolute atomic E-state index is 9.84. The van der Waals surface area contributed by atoms with Crippen molar-refractivity contribution in [1.29, 1.82) is 5.26 Å². The van der Waals surface area contributed by atoms with E-state index in [1.165, 1.54) is 0 Å². The predicted molar refractivity (Wildman–Crippen MR) is 61.7 cm³/mol. The van der Waals surface area contributed by atoms with Crippen molar-refractivity contribution in [2.24, 2.45) is 0 Å². The Morgan fingerprint density at radius 3 is 2.32 bits per heavy atom. The SMILES string of the molecule is N#CC1(O[C@@H]2O[C@H](CO)[C@@H](O)[C@H](O)[C@H]2O)CCCC1. The quantitative estimate of drug-likeness (QED) is 0.500. The Morgan fingerprint density at radius 1 is 1.16 bits per heavy atom. The van der Waals surface area contributed by atoms with Gasteiger partial charge in [-0.3, -0.25) is 0 Å². The van der Waals surface area contributed by atoms with Crippen molar-refractivity contribution in [2.45, 2.75) is 62.0 Å². The number of aliphatic hydroxyl groups excluding tert-OH is 4. The fourth-order valence-electron chi connectivity index (χ4n) is 2.59. The fourth-order valence-corrected chi connectivity index (χ4v) is 2.59. The first-order valence-corrected chi connectivity index (χ1v) is 6.42. The number of nitrogens with zero attached hydrogens (tertiary/aromatic N) is 1. The van der Waals surface area contributed by atoms with Gasteiger partial charge >= 0.3 is 0 Å². The molecule has 19 heavy (non-hydrogen) atoms. The average Bonchev–Trinajstić information content (AvgIpc) is 2.89. The molecule has 0 unspecified atom stereocenters. The molecule has 0 amide bonds. The molecule has 0 spiro atoms. The van der Waals surface area contributed by atoms with E-state index in [0.717, 1.165) is 12.8 Å². The van der Waals surface area contributed by atoms with Crippen LogP contribution in [-0.4, -0.2) is 63.3 Å². The van der Waals surface area contributed by atoms with E-state index in [9.17, 15) is 20.6 Å². The molecule has 0 aromatic carbocycles. The summed E-state index contributed by atoms with van der Waals surface area (Å²) < 4.78 is 10.8. The van der Waals surface area contributed by atoms with Crippen LogP contribution in [0.4, 0.5) is 0 Å². The molecule has 2 fully saturated rings. The van der Waals surface area contributed by atoms with Crippen LogP contribution in [0.3, 0.4) is 0 Å². The minimum Gasteiger partial charge on any atom is -0.394 e. The molecule has 2 aliphatic rings. The van der Waals surface area contributed by atoms with E-state index < -0.39 is 42.9 Å². The Hall–Kier alpha value is -0.750. The van der Waals surface area contributed by atoms with Gasteiger partial charge < -0.3 is 29.9 Å². The molecule has 2 rings (SSSR count). The van der Waals surface area contributed by atoms with Crippen LogP contribution in [0.5, 0.6) is 0 Å². The summed E-state index contributed by atoms with van der Waals surface area (Å²) in [5.41, 5.74) is -1.02. The molecule has 0 aromatic rings. The Bertz CT molecular complexity index is 349. The van der Waals surface area contributed by atoms with Gasteiger partial charge in [0.05, 0.1) is 12.7 Å². The van der Waals surface area contributed by atoms with Crippen LogP contribution in [0.1, 0.15) is 25.7 Å². The molecule has 7 nitrogen and oxygen atoms in total. The second kappa shape index (κ2) is 5.71. The molecule has 1 aliphatic heterocycles. The third-order valence-corrected chi connectivity index (χ3v) is 3.81. The minimum atomic E-state index is -1.48. The highest BCUT2D eigenvalue weighted by molar-refractivity contribution is 5.06. The van der Waals surface area contributed by atoms with Gasteiger partial charge in [0.15, 0.2) is 11.9 Å². The number of rotatable bonds is 3. The first kappa shape index (κ1) is 14.7. The third kappa shape index (κ3) is 2.74. The predicted octanol–water partition coefficient (Wildman–Crippen LogP) is -1.36. The van der Waals surface area contributed by atoms with Crippen molar-refractivity contribution in [3.63, 3.8) is 0 Å². The molecule has 108 valence electrons. The number of hydrogen-bond donors (Lipinski definition) is 4. The zero-order valence-corrected chi connectivity index (χ0v) is 10.5. The molecular weight excluding hydrogens is 254 g/mol. The van der Waals surface area contributed by atoms with Gasteiger partial charge in [-0.1, -0.05) is 0 Å². The lowest BCUT2D eigenvalue weighted by Gasteiger charge is -2.41. The highest BCUT2D eigenvalue weighted by Gasteiger charge is 2.48. The van der Waals surface area contributed by atoms with E-state index in [2.05, 4.69) is 6.07 Å². The Morgan fingerprint density at radius 2 is 1.79 bits per heavy atom. The Kier molecular flexibility index (Phi) is 4.40. The molecule has 0 radical (unpaired) electrons. The smallest absolute Gasteiger partial charge is 0.188 e. The zero-order chi connectivity index (χ0) is 14.0. The second-order valence-electron chi connectivity index (χ2n) is 5.13. The van der Waals surface area contributed by atoms with Crippen molar-refractivity contribution in [2.75, 3.05) is 6.61 Å². The summed E-state index contributed by atoms with van der Waals surface area (Å²) in [7, 11) is 0. The van der Waals surface area contributed by atoms with Crippen LogP contribution < -0.4 is 0 Å². The Labute approximate surface area is 111 Å². The normalized spacial score (nSPS) is 41.9. The zero-order valence-electron chi connectivity index (χ0n) is 10.5. The van der Waals surface area contributed by atoms with Crippen molar-refractivity contribution in [3.05, 3.63) is 0 Å². The van der Waals surface area contributed by atoms with Gasteiger partial charge in [-0.15, -0.1) is 0 Å². The lowest BCUT2D eigenvalue weighted by molar-refractivity contribution is -0.319. The summed E-state index contributed by atoms with van der Waals surface area (Å²) in [5.74, 6) is 0. The minimum absolute atomic E-state index is 0.510. The lowest BCUT2D eigenvalue weighted by atomic mass is 9.98. The van der Waals surface area contributed by atoms with E-state index in [4.69, 9.17) is 14.6 Å². The molecular formula is C12H19NO6. The van der Waals surface area contributed by atoms with E-state index in [1.807, 2.05) is 0 Å². The van der Waals surface area contributed by atoms with E-state index in [-0.39, 0.29) is 0 Å². The summed E-state index contributed by atoms with van der Waals surface area (Å²) in [6.07, 6.45) is -3.81. The maximum atomic E-state index is 9.84. The van der Waals surface area contributed by atoms with Crippen molar-refractivity contribution in [3.8, 4) is 6.07 Å². The van der Waals surface area contributed by atoms with Gasteiger partial charge in [-0.25, -0.2) is 0 Å². The topological polar surface area (TPSA) is 123 Å². The number of ether oxygens (including phenoxy) is 2. The number of nitriles is 1. The van der Waals surface area contributed by atoms with Crippen LogP contribution in [0, 0.1) is 11.3 Å². The van der Waals surface area contributed by atoms with E-state index in [0.29, 0.717) is 12.8 Å². The van der Waals surface area contributed by atoms with Gasteiger partial charge in [0, 0.05) is 0 Å². The summed E-state index contributed by atoms with van der Waals surface area (Å²) in [6, 6.07) is 2.08. The molecule has 0 aromatic heterocycles. The van der Waals surface area contributed by atoms with Gasteiger partial charge in [-0.05, 0) is 25.7 Å². The summed E-state index contributed by atoms with van der Waals surface area (Å²) in [6.45, 7) is -0.510. The summed E-state index contributed by atoms with van der Waals surface area (Å²) >= 11 is 0. The second-order valence-corrected chi connectivity index (χ2v) is 5.13. The van der Waals surface area contributed by atoms with E-state index in [1.54, 1.807) is 0 Å². The van der Waals surface area contributed by atoms with Crippen LogP contribution in [0.15, 0.2) is 0 Å². The number of hydrogen-bond acceptors (Lipinski definition) is 7. The molecule has 1 aliphatic carbocycles. The third-order valence-electron chi connectivity index (χ3n) is 3.81. The number of aliphatic hydroxyl groups is 4. The highest BCUT2D eigenvalue weighted by Crippen LogP contribution is 2.36. The maximum Gasteiger partial charge on any atom is 0.188 e. The van der Waals surface area contributed by atoms with Crippen LogP contribution in [0.2, 0.25) is 0 Å². The summed E-state index contributed by atoms with van der Waals surface area (Å²) in [4.78, 5) is 0. The molecule has 1 heterocycles. The summed E-state index contributed by atoms with van der Waals surface area (Å²) in [5, 5.41) is 47.4. The molecule has 1 saturated heterocycles. The van der Waals surface area contributed by atoms with Crippen LogP contribution in [0.25, 0.3) is 0 Å². The van der Waals surface area contributed by atoms with Gasteiger partial charge in [-0.2, -0.15) is 5.26 Å². The first-order chi connectivity index (χ1) is 9.03. The van der Waals surface area contributed by atoms with Gasteiger partial charge in [0.2, 0.25) is 0 Å². The average molecular weight is 273 g/mol. The van der Waals surface area contributed by atoms with Crippen molar-refractivity contribution in [1.82, 2.24) is 0 Å². The molecule has 1 saturated carbocycles. The van der Waals surface area contributed by atoms with Crippen LogP contribution >= 0.6 is 0 Å². The first-order valence-electron chi connectivity index (χ1n) is 6.42. The van der Waals surface area contributed by atoms with Crippen molar-refractivity contribution < 1.29 is 29.9 Å². The largest absolute Gasteiger partial charge is 0.394 e. The molecule has 5 atom stereocenters.